The Balaban J connectivity index is 2.12. The van der Waals surface area contributed by atoms with Crippen molar-refractivity contribution in [1.82, 2.24) is 0 Å². The summed E-state index contributed by atoms with van der Waals surface area (Å²) < 4.78 is 13.4. The molecule has 6 heteroatoms. The normalized spacial score (nSPS) is 17.3. The quantitative estimate of drug-likeness (QED) is 0.469. The van der Waals surface area contributed by atoms with Crippen LogP contribution in [0.3, 0.4) is 0 Å². The van der Waals surface area contributed by atoms with E-state index in [-0.39, 0.29) is 17.0 Å². The van der Waals surface area contributed by atoms with Crippen LogP contribution < -0.4 is 0 Å². The monoisotopic (exact) mass is 456 g/mol. The summed E-state index contributed by atoms with van der Waals surface area (Å²) >= 11 is 1.80. The summed E-state index contributed by atoms with van der Waals surface area (Å²) in [6, 6.07) is 14.6. The SMILES string of the molecule is CCC1(CC)Sc2ccccc2C(c2ccc(F)cc2)=C1/C=C/C(O)CC(O)CC(=O)O. The average molecular weight is 457 g/mol. The average Bonchev–Trinajstić information content (AvgIpc) is 2.76. The summed E-state index contributed by atoms with van der Waals surface area (Å²) in [5.74, 6) is -1.41. The second-order valence-corrected chi connectivity index (χ2v) is 9.43. The van der Waals surface area contributed by atoms with Gasteiger partial charge in [0.05, 0.1) is 18.6 Å². The van der Waals surface area contributed by atoms with E-state index in [1.807, 2.05) is 18.2 Å². The number of benzene rings is 2. The van der Waals surface area contributed by atoms with Gasteiger partial charge in [-0.2, -0.15) is 0 Å². The van der Waals surface area contributed by atoms with Crippen LogP contribution in [-0.4, -0.2) is 38.2 Å². The maximum atomic E-state index is 13.7. The first-order valence-corrected chi connectivity index (χ1v) is 11.7. The fraction of sp³-hybridized carbons (Fsp3) is 0.346. The first kappa shape index (κ1) is 24.2. The summed E-state index contributed by atoms with van der Waals surface area (Å²) in [4.78, 5) is 12.0. The summed E-state index contributed by atoms with van der Waals surface area (Å²) in [5, 5.41) is 29.2. The molecular formula is C26H29FO4S. The first-order chi connectivity index (χ1) is 15.3. The molecule has 2 aromatic carbocycles. The van der Waals surface area contributed by atoms with Crippen molar-refractivity contribution < 1.29 is 24.5 Å². The molecule has 0 saturated carbocycles. The van der Waals surface area contributed by atoms with Crippen LogP contribution in [0.25, 0.3) is 5.57 Å². The maximum absolute atomic E-state index is 13.7. The molecule has 0 saturated heterocycles. The van der Waals surface area contributed by atoms with E-state index in [2.05, 4.69) is 26.0 Å². The maximum Gasteiger partial charge on any atom is 0.305 e. The minimum absolute atomic E-state index is 0.0586. The smallest absolute Gasteiger partial charge is 0.305 e. The molecule has 1 aliphatic heterocycles. The van der Waals surface area contributed by atoms with E-state index in [4.69, 9.17) is 5.11 Å². The minimum atomic E-state index is -1.12. The van der Waals surface area contributed by atoms with Gasteiger partial charge >= 0.3 is 5.97 Å². The Bertz CT molecular complexity index is 1010. The number of aliphatic hydroxyl groups excluding tert-OH is 2. The number of carbonyl (C=O) groups is 1. The predicted molar refractivity (Wildman–Crippen MR) is 126 cm³/mol. The second-order valence-electron chi connectivity index (χ2n) is 8.01. The Labute approximate surface area is 192 Å². The predicted octanol–water partition coefficient (Wildman–Crippen LogP) is 5.43. The van der Waals surface area contributed by atoms with Gasteiger partial charge in [-0.3, -0.25) is 4.79 Å². The van der Waals surface area contributed by atoms with Gasteiger partial charge in [-0.25, -0.2) is 4.39 Å². The zero-order chi connectivity index (χ0) is 23.3. The minimum Gasteiger partial charge on any atom is -0.481 e. The van der Waals surface area contributed by atoms with Crippen molar-refractivity contribution in [3.8, 4) is 0 Å². The van der Waals surface area contributed by atoms with E-state index >= 15 is 0 Å². The van der Waals surface area contributed by atoms with Gasteiger partial charge in [-0.15, -0.1) is 11.8 Å². The molecule has 2 atom stereocenters. The molecule has 2 unspecified atom stereocenters. The number of hydrogen-bond donors (Lipinski definition) is 3. The van der Waals surface area contributed by atoms with Gasteiger partial charge in [0.25, 0.3) is 0 Å². The van der Waals surface area contributed by atoms with Crippen LogP contribution in [0.2, 0.25) is 0 Å². The summed E-state index contributed by atoms with van der Waals surface area (Å²) in [7, 11) is 0. The molecule has 170 valence electrons. The summed E-state index contributed by atoms with van der Waals surface area (Å²) in [6.45, 7) is 4.27. The zero-order valence-electron chi connectivity index (χ0n) is 18.3. The number of carboxylic acid groups (broad SMARTS) is 1. The number of fused-ring (bicyclic) bond motifs is 1. The highest BCUT2D eigenvalue weighted by Gasteiger charge is 2.38. The molecule has 0 fully saturated rings. The number of aliphatic carboxylic acids is 1. The molecule has 2 aromatic rings. The fourth-order valence-electron chi connectivity index (χ4n) is 4.19. The number of halogens is 1. The third kappa shape index (κ3) is 5.31. The molecule has 0 aromatic heterocycles. The number of hydrogen-bond acceptors (Lipinski definition) is 4. The molecule has 0 spiro atoms. The van der Waals surface area contributed by atoms with Crippen LogP contribution in [0.15, 0.2) is 71.2 Å². The molecule has 0 radical (unpaired) electrons. The van der Waals surface area contributed by atoms with E-state index < -0.39 is 24.6 Å². The Morgan fingerprint density at radius 1 is 1.09 bits per heavy atom. The van der Waals surface area contributed by atoms with E-state index in [0.717, 1.165) is 40.0 Å². The summed E-state index contributed by atoms with van der Waals surface area (Å²) in [5.41, 5.74) is 3.98. The lowest BCUT2D eigenvalue weighted by molar-refractivity contribution is -0.139. The van der Waals surface area contributed by atoms with Gasteiger partial charge in [0.2, 0.25) is 0 Å². The number of carboxylic acids is 1. The van der Waals surface area contributed by atoms with Crippen molar-refractivity contribution in [3.05, 3.63) is 83.2 Å². The Hall–Kier alpha value is -2.41. The van der Waals surface area contributed by atoms with Crippen molar-refractivity contribution in [3.63, 3.8) is 0 Å². The molecule has 1 aliphatic rings. The number of thioether (sulfide) groups is 1. The molecule has 3 N–H and O–H groups in total. The molecule has 0 aliphatic carbocycles. The van der Waals surface area contributed by atoms with Gasteiger partial charge in [0, 0.05) is 16.1 Å². The molecule has 3 rings (SSSR count). The van der Waals surface area contributed by atoms with Crippen molar-refractivity contribution in [1.29, 1.82) is 0 Å². The van der Waals surface area contributed by atoms with Crippen LogP contribution in [-0.2, 0) is 4.79 Å². The zero-order valence-corrected chi connectivity index (χ0v) is 19.1. The van der Waals surface area contributed by atoms with Gasteiger partial charge in [-0.05, 0) is 53.3 Å². The largest absolute Gasteiger partial charge is 0.481 e. The van der Waals surface area contributed by atoms with Crippen LogP contribution in [0.4, 0.5) is 4.39 Å². The second kappa shape index (κ2) is 10.5. The van der Waals surface area contributed by atoms with E-state index in [9.17, 15) is 19.4 Å². The Kier molecular flexibility index (Phi) is 7.93. The standard InChI is InChI=1S/C26H29FO4S/c1-3-26(4-2)22(14-13-19(28)15-20(29)16-24(30)31)25(17-9-11-18(27)12-10-17)21-7-5-6-8-23(21)32-26/h5-14,19-20,28-29H,3-4,15-16H2,1-2H3,(H,30,31)/b14-13+. The lowest BCUT2D eigenvalue weighted by atomic mass is 9.82. The van der Waals surface area contributed by atoms with E-state index in [0.29, 0.717) is 0 Å². The van der Waals surface area contributed by atoms with Gasteiger partial charge in [0.15, 0.2) is 0 Å². The van der Waals surface area contributed by atoms with E-state index in [1.165, 1.54) is 12.1 Å². The molecular weight excluding hydrogens is 427 g/mol. The van der Waals surface area contributed by atoms with Gasteiger partial charge in [0.1, 0.15) is 5.82 Å². The lowest BCUT2D eigenvalue weighted by Gasteiger charge is -2.39. The number of allylic oxidation sites excluding steroid dienone is 1. The topological polar surface area (TPSA) is 77.8 Å². The van der Waals surface area contributed by atoms with Crippen molar-refractivity contribution >= 4 is 23.3 Å². The Morgan fingerprint density at radius 2 is 1.75 bits per heavy atom. The molecule has 4 nitrogen and oxygen atoms in total. The van der Waals surface area contributed by atoms with Crippen LogP contribution >= 0.6 is 11.8 Å². The molecule has 0 amide bonds. The molecule has 1 heterocycles. The van der Waals surface area contributed by atoms with Crippen LogP contribution in [0.1, 0.15) is 50.7 Å². The highest BCUT2D eigenvalue weighted by Crippen LogP contribution is 2.54. The van der Waals surface area contributed by atoms with Crippen molar-refractivity contribution in [2.24, 2.45) is 0 Å². The van der Waals surface area contributed by atoms with Crippen LogP contribution in [0.5, 0.6) is 0 Å². The van der Waals surface area contributed by atoms with E-state index in [1.54, 1.807) is 30.0 Å². The highest BCUT2D eigenvalue weighted by atomic mass is 32.2. The third-order valence-electron chi connectivity index (χ3n) is 5.91. The third-order valence-corrected chi connectivity index (χ3v) is 7.67. The number of rotatable bonds is 9. The fourth-order valence-corrected chi connectivity index (χ4v) is 5.60. The highest BCUT2D eigenvalue weighted by molar-refractivity contribution is 8.01. The number of aliphatic hydroxyl groups is 2. The van der Waals surface area contributed by atoms with Gasteiger partial charge in [-0.1, -0.05) is 56.3 Å². The van der Waals surface area contributed by atoms with Crippen molar-refractivity contribution in [2.45, 2.75) is 61.4 Å². The Morgan fingerprint density at radius 3 is 2.38 bits per heavy atom. The summed E-state index contributed by atoms with van der Waals surface area (Å²) in [6.07, 6.45) is 2.64. The lowest BCUT2D eigenvalue weighted by Crippen LogP contribution is -2.29. The van der Waals surface area contributed by atoms with Crippen molar-refractivity contribution in [2.75, 3.05) is 0 Å². The molecule has 0 bridgehead atoms. The van der Waals surface area contributed by atoms with Crippen LogP contribution in [0, 0.1) is 5.82 Å². The molecule has 32 heavy (non-hydrogen) atoms. The van der Waals surface area contributed by atoms with Gasteiger partial charge < -0.3 is 15.3 Å². The first-order valence-electron chi connectivity index (χ1n) is 10.8.